The van der Waals surface area contributed by atoms with Crippen molar-refractivity contribution in [2.45, 2.75) is 13.5 Å². The predicted molar refractivity (Wildman–Crippen MR) is 40.4 cm³/mol. The van der Waals surface area contributed by atoms with Crippen molar-refractivity contribution in [3.63, 3.8) is 0 Å². The first-order valence-electron chi connectivity index (χ1n) is 3.18. The summed E-state index contributed by atoms with van der Waals surface area (Å²) >= 11 is 0. The molecule has 5 nitrogen and oxygen atoms in total. The number of hydrogen-bond donors (Lipinski definition) is 2. The molecule has 0 saturated carbocycles. The van der Waals surface area contributed by atoms with Crippen molar-refractivity contribution in [3.8, 4) is 0 Å². The first-order chi connectivity index (χ1) is 5.24. The number of hydrogen-bond acceptors (Lipinski definition) is 3. The van der Waals surface area contributed by atoms with Crippen molar-refractivity contribution >= 4 is 5.84 Å². The van der Waals surface area contributed by atoms with Gasteiger partial charge < -0.3 is 15.5 Å². The fourth-order valence-electron chi connectivity index (χ4n) is 0.777. The molecule has 0 aliphatic heterocycles. The van der Waals surface area contributed by atoms with Gasteiger partial charge in [-0.1, -0.05) is 5.16 Å². The summed E-state index contributed by atoms with van der Waals surface area (Å²) in [6.07, 6.45) is 3.44. The summed E-state index contributed by atoms with van der Waals surface area (Å²) in [5, 5.41) is 11.1. The zero-order chi connectivity index (χ0) is 8.27. The van der Waals surface area contributed by atoms with E-state index in [0.717, 1.165) is 5.82 Å². The van der Waals surface area contributed by atoms with Gasteiger partial charge in [0, 0.05) is 12.4 Å². The molecule has 1 aromatic heterocycles. The predicted octanol–water partition coefficient (Wildman–Crippen LogP) is -0.0621. The normalized spacial score (nSPS) is 11.9. The van der Waals surface area contributed by atoms with Crippen LogP contribution in [-0.2, 0) is 6.54 Å². The van der Waals surface area contributed by atoms with E-state index in [0.29, 0.717) is 6.54 Å². The van der Waals surface area contributed by atoms with E-state index in [9.17, 15) is 0 Å². The molecule has 0 unspecified atom stereocenters. The van der Waals surface area contributed by atoms with Gasteiger partial charge in [-0.15, -0.1) is 0 Å². The molecule has 0 bridgehead atoms. The highest BCUT2D eigenvalue weighted by atomic mass is 16.4. The first-order valence-corrected chi connectivity index (χ1v) is 3.18. The second-order valence-corrected chi connectivity index (χ2v) is 2.19. The lowest BCUT2D eigenvalue weighted by Crippen LogP contribution is -2.19. The van der Waals surface area contributed by atoms with Crippen LogP contribution < -0.4 is 5.73 Å². The minimum atomic E-state index is 0.172. The molecular weight excluding hydrogens is 144 g/mol. The Morgan fingerprint density at radius 3 is 3.09 bits per heavy atom. The number of imidazole rings is 1. The molecule has 11 heavy (non-hydrogen) atoms. The highest BCUT2D eigenvalue weighted by molar-refractivity contribution is 5.79. The summed E-state index contributed by atoms with van der Waals surface area (Å²) in [4.78, 5) is 3.97. The van der Waals surface area contributed by atoms with Crippen LogP contribution in [0.1, 0.15) is 5.82 Å². The van der Waals surface area contributed by atoms with E-state index in [1.807, 2.05) is 6.92 Å². The summed E-state index contributed by atoms with van der Waals surface area (Å²) in [6.45, 7) is 2.23. The quantitative estimate of drug-likeness (QED) is 0.271. The second kappa shape index (κ2) is 3.05. The smallest absolute Gasteiger partial charge is 0.159 e. The maximum atomic E-state index is 8.25. The zero-order valence-electron chi connectivity index (χ0n) is 6.23. The number of aryl methyl sites for hydroxylation is 1. The van der Waals surface area contributed by atoms with Crippen LogP contribution in [0.25, 0.3) is 0 Å². The molecule has 0 aliphatic carbocycles. The van der Waals surface area contributed by atoms with E-state index in [4.69, 9.17) is 10.9 Å². The maximum absolute atomic E-state index is 8.25. The molecule has 1 aromatic rings. The van der Waals surface area contributed by atoms with Gasteiger partial charge in [0.2, 0.25) is 0 Å². The van der Waals surface area contributed by atoms with Crippen molar-refractivity contribution in [1.29, 1.82) is 0 Å². The Kier molecular flexibility index (Phi) is 2.10. The largest absolute Gasteiger partial charge is 0.409 e. The summed E-state index contributed by atoms with van der Waals surface area (Å²) < 4.78 is 1.79. The van der Waals surface area contributed by atoms with Crippen LogP contribution in [0.3, 0.4) is 0 Å². The lowest BCUT2D eigenvalue weighted by Gasteiger charge is -2.01. The molecular formula is C6H10N4O. The molecule has 3 N–H and O–H groups in total. The van der Waals surface area contributed by atoms with Crippen molar-refractivity contribution in [3.05, 3.63) is 18.2 Å². The standard InChI is InChI=1S/C6H10N4O/c1-5-8-2-3-10(5)4-6(7)9-11/h2-3,11H,4H2,1H3,(H2,7,9). The molecule has 1 heterocycles. The van der Waals surface area contributed by atoms with E-state index >= 15 is 0 Å². The molecule has 0 aliphatic rings. The van der Waals surface area contributed by atoms with E-state index in [1.54, 1.807) is 17.0 Å². The van der Waals surface area contributed by atoms with E-state index in [1.165, 1.54) is 0 Å². The summed E-state index contributed by atoms with van der Waals surface area (Å²) in [5.41, 5.74) is 5.28. The Labute approximate surface area is 64.1 Å². The zero-order valence-corrected chi connectivity index (χ0v) is 6.23. The van der Waals surface area contributed by atoms with Gasteiger partial charge in [-0.2, -0.15) is 0 Å². The van der Waals surface area contributed by atoms with Crippen LogP contribution in [-0.4, -0.2) is 20.6 Å². The van der Waals surface area contributed by atoms with Crippen LogP contribution in [0.2, 0.25) is 0 Å². The first kappa shape index (κ1) is 7.59. The van der Waals surface area contributed by atoms with Crippen LogP contribution in [0.5, 0.6) is 0 Å². The van der Waals surface area contributed by atoms with Gasteiger partial charge >= 0.3 is 0 Å². The van der Waals surface area contributed by atoms with Crippen molar-refractivity contribution < 1.29 is 5.21 Å². The molecule has 0 saturated heterocycles. The number of rotatable bonds is 2. The van der Waals surface area contributed by atoms with Gasteiger partial charge in [-0.3, -0.25) is 0 Å². The van der Waals surface area contributed by atoms with Gasteiger partial charge in [0.05, 0.1) is 6.54 Å². The molecule has 0 amide bonds. The maximum Gasteiger partial charge on any atom is 0.159 e. The minimum Gasteiger partial charge on any atom is -0.409 e. The number of nitrogens with two attached hydrogens (primary N) is 1. The summed E-state index contributed by atoms with van der Waals surface area (Å²) in [6, 6.07) is 0. The van der Waals surface area contributed by atoms with E-state index < -0.39 is 0 Å². The lowest BCUT2D eigenvalue weighted by molar-refractivity contribution is 0.316. The monoisotopic (exact) mass is 154 g/mol. The van der Waals surface area contributed by atoms with Crippen molar-refractivity contribution in [2.75, 3.05) is 0 Å². The summed E-state index contributed by atoms with van der Waals surface area (Å²) in [7, 11) is 0. The van der Waals surface area contributed by atoms with Gasteiger partial charge in [-0.05, 0) is 6.92 Å². The van der Waals surface area contributed by atoms with E-state index in [2.05, 4.69) is 10.1 Å². The molecule has 0 atom stereocenters. The molecule has 0 spiro atoms. The van der Waals surface area contributed by atoms with Gasteiger partial charge in [-0.25, -0.2) is 4.98 Å². The highest BCUT2D eigenvalue weighted by Crippen LogP contribution is 1.93. The average Bonchev–Trinajstić information content (AvgIpc) is 2.37. The number of aromatic nitrogens is 2. The average molecular weight is 154 g/mol. The van der Waals surface area contributed by atoms with Crippen LogP contribution >= 0.6 is 0 Å². The van der Waals surface area contributed by atoms with Crippen LogP contribution in [0.4, 0.5) is 0 Å². The van der Waals surface area contributed by atoms with Crippen LogP contribution in [0, 0.1) is 6.92 Å². The third kappa shape index (κ3) is 1.70. The van der Waals surface area contributed by atoms with Gasteiger partial charge in [0.1, 0.15) is 5.82 Å². The summed E-state index contributed by atoms with van der Waals surface area (Å²) in [5.74, 6) is 1.02. The third-order valence-corrected chi connectivity index (χ3v) is 1.38. The number of nitrogens with zero attached hydrogens (tertiary/aromatic N) is 3. The Balaban J connectivity index is 2.72. The lowest BCUT2D eigenvalue weighted by atomic mass is 10.5. The topological polar surface area (TPSA) is 76.4 Å². The van der Waals surface area contributed by atoms with Crippen molar-refractivity contribution in [2.24, 2.45) is 10.9 Å². The van der Waals surface area contributed by atoms with Gasteiger partial charge in [0.25, 0.3) is 0 Å². The van der Waals surface area contributed by atoms with Gasteiger partial charge in [0.15, 0.2) is 5.84 Å². The third-order valence-electron chi connectivity index (χ3n) is 1.38. The Morgan fingerprint density at radius 1 is 1.91 bits per heavy atom. The highest BCUT2D eigenvalue weighted by Gasteiger charge is 1.98. The number of oxime groups is 1. The Morgan fingerprint density at radius 2 is 2.64 bits per heavy atom. The van der Waals surface area contributed by atoms with Crippen LogP contribution in [0.15, 0.2) is 17.5 Å². The van der Waals surface area contributed by atoms with Crippen molar-refractivity contribution in [1.82, 2.24) is 9.55 Å². The minimum absolute atomic E-state index is 0.172. The van der Waals surface area contributed by atoms with E-state index in [-0.39, 0.29) is 5.84 Å². The number of amidine groups is 1. The molecule has 1 rings (SSSR count). The molecule has 5 heteroatoms. The molecule has 0 aromatic carbocycles. The fourth-order valence-corrected chi connectivity index (χ4v) is 0.777. The SMILES string of the molecule is Cc1nccn1CC(N)=NO. The molecule has 0 fully saturated rings. The fraction of sp³-hybridized carbons (Fsp3) is 0.333. The second-order valence-electron chi connectivity index (χ2n) is 2.19. The molecule has 0 radical (unpaired) electrons. The Bertz CT molecular complexity index is 265. The molecule has 60 valence electrons. The Hall–Kier alpha value is -1.52.